The number of carbonyl (C=O) groups is 2. The van der Waals surface area contributed by atoms with Gasteiger partial charge in [0.05, 0.1) is 7.11 Å². The molecule has 6 heteroatoms. The molecule has 0 saturated carbocycles. The largest absolute Gasteiger partial charge is 0.496 e. The van der Waals surface area contributed by atoms with Gasteiger partial charge in [0, 0.05) is 30.3 Å². The number of methoxy groups -OCH3 is 1. The summed E-state index contributed by atoms with van der Waals surface area (Å²) in [5.74, 6) is -0.628. The molecule has 2 aromatic carbocycles. The van der Waals surface area contributed by atoms with Gasteiger partial charge in [-0.1, -0.05) is 11.6 Å². The average Bonchev–Trinajstić information content (AvgIpc) is 2.61. The summed E-state index contributed by atoms with van der Waals surface area (Å²) >= 11 is 0. The first-order valence-electron chi connectivity index (χ1n) is 8.09. The highest BCUT2D eigenvalue weighted by molar-refractivity contribution is 6.04. The van der Waals surface area contributed by atoms with Gasteiger partial charge in [-0.15, -0.1) is 0 Å². The monoisotopic (exact) mass is 356 g/mol. The third-order valence-corrected chi connectivity index (χ3v) is 3.78. The Balaban J connectivity index is 2.27. The van der Waals surface area contributed by atoms with E-state index in [1.54, 1.807) is 13.2 Å². The predicted molar refractivity (Wildman–Crippen MR) is 99.3 cm³/mol. The number of benzene rings is 2. The highest BCUT2D eigenvalue weighted by Gasteiger charge is 2.14. The summed E-state index contributed by atoms with van der Waals surface area (Å²) in [7, 11) is 1.56. The fraction of sp³-hybridized carbons (Fsp3) is 0.200. The number of ether oxygens (including phenoxy) is 1. The number of hydrogen-bond acceptors (Lipinski definition) is 3. The molecule has 2 N–H and O–H groups in total. The maximum atomic E-state index is 13.2. The lowest BCUT2D eigenvalue weighted by molar-refractivity contribution is -0.118. The molecule has 0 aliphatic heterocycles. The Morgan fingerprint density at radius 1 is 1.19 bits per heavy atom. The van der Waals surface area contributed by atoms with Gasteiger partial charge in [-0.25, -0.2) is 4.39 Å². The van der Waals surface area contributed by atoms with E-state index in [2.05, 4.69) is 0 Å². The zero-order valence-corrected chi connectivity index (χ0v) is 14.7. The van der Waals surface area contributed by atoms with Crippen LogP contribution >= 0.6 is 0 Å². The molecule has 2 rings (SSSR count). The molecule has 0 aromatic heterocycles. The highest BCUT2D eigenvalue weighted by Crippen LogP contribution is 2.22. The fourth-order valence-electron chi connectivity index (χ4n) is 2.44. The van der Waals surface area contributed by atoms with Crippen LogP contribution in [0.2, 0.25) is 0 Å². The molecular formula is C20H21FN2O3. The first kappa shape index (κ1) is 19.2. The Labute approximate surface area is 151 Å². The molecule has 0 aliphatic carbocycles. The molecule has 26 heavy (non-hydrogen) atoms. The third-order valence-electron chi connectivity index (χ3n) is 3.78. The number of carbonyl (C=O) groups excluding carboxylic acids is 2. The number of halogens is 1. The van der Waals surface area contributed by atoms with Crippen LogP contribution in [0.4, 0.5) is 10.1 Å². The summed E-state index contributed by atoms with van der Waals surface area (Å²) in [6.07, 6.45) is 3.04. The van der Waals surface area contributed by atoms with Gasteiger partial charge >= 0.3 is 0 Å². The van der Waals surface area contributed by atoms with Crippen molar-refractivity contribution in [3.05, 3.63) is 65.5 Å². The first-order chi connectivity index (χ1) is 12.4. The van der Waals surface area contributed by atoms with Crippen molar-refractivity contribution in [1.29, 1.82) is 0 Å². The van der Waals surface area contributed by atoms with Crippen LogP contribution in [0.1, 0.15) is 17.5 Å². The van der Waals surface area contributed by atoms with Crippen molar-refractivity contribution in [1.82, 2.24) is 0 Å². The second-order valence-corrected chi connectivity index (χ2v) is 5.76. The quantitative estimate of drug-likeness (QED) is 0.775. The Morgan fingerprint density at radius 2 is 1.88 bits per heavy atom. The van der Waals surface area contributed by atoms with Gasteiger partial charge in [0.1, 0.15) is 11.6 Å². The number of aryl methyl sites for hydroxylation is 1. The number of hydrogen-bond donors (Lipinski definition) is 1. The van der Waals surface area contributed by atoms with E-state index in [0.717, 1.165) is 11.1 Å². The Bertz CT molecular complexity index is 816. The van der Waals surface area contributed by atoms with Crippen LogP contribution < -0.4 is 15.4 Å². The third kappa shape index (κ3) is 5.17. The summed E-state index contributed by atoms with van der Waals surface area (Å²) in [6, 6.07) is 11.1. The molecule has 0 saturated heterocycles. The number of nitrogens with two attached hydrogens (primary N) is 1. The minimum Gasteiger partial charge on any atom is -0.496 e. The van der Waals surface area contributed by atoms with Gasteiger partial charge in [0.25, 0.3) is 5.91 Å². The van der Waals surface area contributed by atoms with Crippen LogP contribution in [0.3, 0.4) is 0 Å². The Hall–Kier alpha value is -3.15. The SMILES string of the molecule is COc1ccc(C)cc1/C=C/C(=O)N(CCC(N)=O)c1ccc(F)cc1. The summed E-state index contributed by atoms with van der Waals surface area (Å²) in [5.41, 5.74) is 7.46. The van der Waals surface area contributed by atoms with Crippen LogP contribution in [0.15, 0.2) is 48.5 Å². The number of primary amides is 1. The fourth-order valence-corrected chi connectivity index (χ4v) is 2.44. The van der Waals surface area contributed by atoms with Gasteiger partial charge in [-0.05, 0) is 49.4 Å². The minimum atomic E-state index is -0.519. The summed E-state index contributed by atoms with van der Waals surface area (Å²) in [4.78, 5) is 25.1. The molecule has 0 unspecified atom stereocenters. The zero-order chi connectivity index (χ0) is 19.1. The highest BCUT2D eigenvalue weighted by atomic mass is 19.1. The second kappa shape index (κ2) is 8.80. The molecule has 136 valence electrons. The molecule has 0 heterocycles. The van der Waals surface area contributed by atoms with Crippen molar-refractivity contribution >= 4 is 23.6 Å². The van der Waals surface area contributed by atoms with E-state index in [9.17, 15) is 14.0 Å². The maximum Gasteiger partial charge on any atom is 0.251 e. The average molecular weight is 356 g/mol. The maximum absolute atomic E-state index is 13.2. The molecule has 2 amide bonds. The molecular weight excluding hydrogens is 335 g/mol. The predicted octanol–water partition coefficient (Wildman–Crippen LogP) is 3.06. The van der Waals surface area contributed by atoms with Crippen molar-refractivity contribution in [3.63, 3.8) is 0 Å². The van der Waals surface area contributed by atoms with E-state index < -0.39 is 11.7 Å². The minimum absolute atomic E-state index is 0.00469. The molecule has 0 aliphatic rings. The van der Waals surface area contributed by atoms with Gasteiger partial charge < -0.3 is 15.4 Å². The van der Waals surface area contributed by atoms with Gasteiger partial charge in [-0.2, -0.15) is 0 Å². The topological polar surface area (TPSA) is 72.6 Å². The van der Waals surface area contributed by atoms with Gasteiger partial charge in [0.15, 0.2) is 0 Å². The summed E-state index contributed by atoms with van der Waals surface area (Å²) < 4.78 is 18.4. The molecule has 5 nitrogen and oxygen atoms in total. The van der Waals surface area contributed by atoms with Crippen LogP contribution in [-0.4, -0.2) is 25.5 Å². The number of anilines is 1. The van der Waals surface area contributed by atoms with Crippen LogP contribution in [0.25, 0.3) is 6.08 Å². The van der Waals surface area contributed by atoms with E-state index in [1.807, 2.05) is 25.1 Å². The zero-order valence-electron chi connectivity index (χ0n) is 14.7. The molecule has 0 fully saturated rings. The summed E-state index contributed by atoms with van der Waals surface area (Å²) in [5, 5.41) is 0. The first-order valence-corrected chi connectivity index (χ1v) is 8.09. The van der Waals surface area contributed by atoms with Crippen LogP contribution in [-0.2, 0) is 9.59 Å². The van der Waals surface area contributed by atoms with E-state index in [-0.39, 0.29) is 18.9 Å². The second-order valence-electron chi connectivity index (χ2n) is 5.76. The van der Waals surface area contributed by atoms with Gasteiger partial charge in [0.2, 0.25) is 5.91 Å². The molecule has 0 atom stereocenters. The van der Waals surface area contributed by atoms with E-state index in [4.69, 9.17) is 10.5 Å². The van der Waals surface area contributed by atoms with Crippen molar-refractivity contribution in [2.45, 2.75) is 13.3 Å². The smallest absolute Gasteiger partial charge is 0.251 e. The van der Waals surface area contributed by atoms with Crippen molar-refractivity contribution in [2.75, 3.05) is 18.6 Å². The standard InChI is InChI=1S/C20H21FN2O3/c1-14-3-9-18(26-2)15(13-14)4-10-20(25)23(12-11-19(22)24)17-7-5-16(21)6-8-17/h3-10,13H,11-12H2,1-2H3,(H2,22,24)/b10-4+. The number of amides is 2. The Morgan fingerprint density at radius 3 is 2.50 bits per heavy atom. The molecule has 0 radical (unpaired) electrons. The van der Waals surface area contributed by atoms with E-state index in [1.165, 1.54) is 35.2 Å². The van der Waals surface area contributed by atoms with Crippen molar-refractivity contribution < 1.29 is 18.7 Å². The van der Waals surface area contributed by atoms with Crippen LogP contribution in [0.5, 0.6) is 5.75 Å². The molecule has 2 aromatic rings. The van der Waals surface area contributed by atoms with Crippen molar-refractivity contribution in [3.8, 4) is 5.75 Å². The number of nitrogens with zero attached hydrogens (tertiary/aromatic N) is 1. The lowest BCUT2D eigenvalue weighted by Gasteiger charge is -2.21. The normalized spacial score (nSPS) is 10.7. The lowest BCUT2D eigenvalue weighted by atomic mass is 10.1. The van der Waals surface area contributed by atoms with Crippen LogP contribution in [0, 0.1) is 12.7 Å². The molecule has 0 spiro atoms. The van der Waals surface area contributed by atoms with Gasteiger partial charge in [-0.3, -0.25) is 9.59 Å². The summed E-state index contributed by atoms with van der Waals surface area (Å²) in [6.45, 7) is 2.05. The number of rotatable bonds is 7. The lowest BCUT2D eigenvalue weighted by Crippen LogP contribution is -2.32. The van der Waals surface area contributed by atoms with E-state index >= 15 is 0 Å². The molecule has 0 bridgehead atoms. The van der Waals surface area contributed by atoms with Crippen molar-refractivity contribution in [2.24, 2.45) is 5.73 Å². The van der Waals surface area contributed by atoms with E-state index in [0.29, 0.717) is 11.4 Å². The Kier molecular flexibility index (Phi) is 6.49.